The van der Waals surface area contributed by atoms with Crippen LogP contribution in [0.5, 0.6) is 0 Å². The average Bonchev–Trinajstić information content (AvgIpc) is 2.27. The maximum atomic E-state index is 12.2. The molecule has 0 aromatic heterocycles. The van der Waals surface area contributed by atoms with Crippen LogP contribution in [0.2, 0.25) is 0 Å². The molecule has 0 fully saturated rings. The van der Waals surface area contributed by atoms with Crippen LogP contribution in [0, 0.1) is 6.92 Å². The first-order valence-electron chi connectivity index (χ1n) is 5.29. The van der Waals surface area contributed by atoms with Gasteiger partial charge in [0, 0.05) is 18.1 Å². The van der Waals surface area contributed by atoms with Gasteiger partial charge in [0.05, 0.1) is 0 Å². The smallest absolute Gasteiger partial charge is 0.338 e. The maximum absolute atomic E-state index is 12.2. The van der Waals surface area contributed by atoms with E-state index in [1.165, 1.54) is 0 Å². The molecule has 0 bridgehead atoms. The van der Waals surface area contributed by atoms with Crippen LogP contribution in [0.4, 0.5) is 13.2 Å². The fraction of sp³-hybridized carbons (Fsp3) is 0.417. The van der Waals surface area contributed by atoms with Gasteiger partial charge in [-0.3, -0.25) is 4.79 Å². The van der Waals surface area contributed by atoms with E-state index in [1.807, 2.05) is 25.1 Å². The molecule has 0 unspecified atom stereocenters. The molecule has 18 heavy (non-hydrogen) atoms. The van der Waals surface area contributed by atoms with Crippen molar-refractivity contribution in [3.05, 3.63) is 33.8 Å². The molecule has 0 aliphatic heterocycles. The number of halogens is 4. The first kappa shape index (κ1) is 15.0. The Morgan fingerprint density at radius 3 is 2.56 bits per heavy atom. The van der Waals surface area contributed by atoms with Crippen LogP contribution in [0.3, 0.4) is 0 Å². The summed E-state index contributed by atoms with van der Waals surface area (Å²) in [6, 6.07) is 5.59. The number of hydrogen-bond donors (Lipinski definition) is 0. The number of carbonyl (C=O) groups is 1. The van der Waals surface area contributed by atoms with E-state index in [1.54, 1.807) is 0 Å². The van der Waals surface area contributed by atoms with Gasteiger partial charge in [0.2, 0.25) is 0 Å². The van der Waals surface area contributed by atoms with Crippen LogP contribution in [0.1, 0.15) is 11.1 Å². The summed E-state index contributed by atoms with van der Waals surface area (Å²) >= 11 is 3.30. The van der Waals surface area contributed by atoms with Crippen molar-refractivity contribution in [2.24, 2.45) is 0 Å². The van der Waals surface area contributed by atoms with Crippen molar-refractivity contribution in [3.8, 4) is 0 Å². The van der Waals surface area contributed by atoms with Gasteiger partial charge in [-0.1, -0.05) is 22.0 Å². The minimum Gasteiger partial charge on any atom is -0.338 e. The van der Waals surface area contributed by atoms with E-state index in [0.717, 1.165) is 22.6 Å². The number of benzene rings is 1. The van der Waals surface area contributed by atoms with Gasteiger partial charge in [-0.2, -0.15) is 13.2 Å². The van der Waals surface area contributed by atoms with Gasteiger partial charge in [0.15, 0.2) is 0 Å². The van der Waals surface area contributed by atoms with Crippen LogP contribution in [-0.2, 0) is 11.2 Å². The standard InChI is InChI=1S/C12H13BrF3NO/c1-8-3-4-10(13)7-9(8)5-6-17(2)11(18)12(14,15)16/h3-4,7H,5-6H2,1-2H3. The Labute approximate surface area is 112 Å². The molecule has 1 rings (SSSR count). The zero-order valence-corrected chi connectivity index (χ0v) is 11.6. The van der Waals surface area contributed by atoms with Gasteiger partial charge in [-0.25, -0.2) is 0 Å². The van der Waals surface area contributed by atoms with Gasteiger partial charge in [-0.05, 0) is 36.6 Å². The number of alkyl halides is 3. The Bertz CT molecular complexity index is 445. The molecule has 1 aromatic carbocycles. The molecule has 0 aliphatic rings. The van der Waals surface area contributed by atoms with Crippen molar-refractivity contribution in [2.45, 2.75) is 19.5 Å². The average molecular weight is 324 g/mol. The second-order valence-corrected chi connectivity index (χ2v) is 4.96. The summed E-state index contributed by atoms with van der Waals surface area (Å²) in [5, 5.41) is 0. The molecule has 0 atom stereocenters. The van der Waals surface area contributed by atoms with Gasteiger partial charge < -0.3 is 4.90 Å². The van der Waals surface area contributed by atoms with E-state index >= 15 is 0 Å². The van der Waals surface area contributed by atoms with Crippen LogP contribution >= 0.6 is 15.9 Å². The third-order valence-electron chi connectivity index (χ3n) is 2.62. The van der Waals surface area contributed by atoms with Crippen molar-refractivity contribution in [1.82, 2.24) is 4.90 Å². The van der Waals surface area contributed by atoms with Gasteiger partial charge in [0.1, 0.15) is 0 Å². The van der Waals surface area contributed by atoms with E-state index < -0.39 is 12.1 Å². The normalized spacial score (nSPS) is 11.4. The van der Waals surface area contributed by atoms with Crippen LogP contribution < -0.4 is 0 Å². The second-order valence-electron chi connectivity index (χ2n) is 4.05. The van der Waals surface area contributed by atoms with Gasteiger partial charge in [0.25, 0.3) is 0 Å². The van der Waals surface area contributed by atoms with Crippen molar-refractivity contribution < 1.29 is 18.0 Å². The summed E-state index contributed by atoms with van der Waals surface area (Å²) in [6.45, 7) is 1.92. The molecule has 0 heterocycles. The number of aryl methyl sites for hydroxylation is 1. The van der Waals surface area contributed by atoms with E-state index in [4.69, 9.17) is 0 Å². The molecule has 0 saturated heterocycles. The molecular formula is C12H13BrF3NO. The monoisotopic (exact) mass is 323 g/mol. The van der Waals surface area contributed by atoms with Crippen LogP contribution in [0.25, 0.3) is 0 Å². The van der Waals surface area contributed by atoms with E-state index in [2.05, 4.69) is 15.9 Å². The lowest BCUT2D eigenvalue weighted by Gasteiger charge is -2.19. The van der Waals surface area contributed by atoms with E-state index in [9.17, 15) is 18.0 Å². The highest BCUT2D eigenvalue weighted by molar-refractivity contribution is 9.10. The summed E-state index contributed by atoms with van der Waals surface area (Å²) in [7, 11) is 1.16. The van der Waals surface area contributed by atoms with Crippen molar-refractivity contribution in [3.63, 3.8) is 0 Å². The minimum absolute atomic E-state index is 0.0373. The molecular weight excluding hydrogens is 311 g/mol. The SMILES string of the molecule is Cc1ccc(Br)cc1CCN(C)C(=O)C(F)(F)F. The Balaban J connectivity index is 2.65. The number of nitrogens with zero attached hydrogens (tertiary/aromatic N) is 1. The van der Waals surface area contributed by atoms with Crippen LogP contribution in [-0.4, -0.2) is 30.6 Å². The lowest BCUT2D eigenvalue weighted by molar-refractivity contribution is -0.184. The molecule has 1 amide bonds. The first-order valence-corrected chi connectivity index (χ1v) is 6.08. The molecule has 0 spiro atoms. The maximum Gasteiger partial charge on any atom is 0.471 e. The van der Waals surface area contributed by atoms with Crippen molar-refractivity contribution in [2.75, 3.05) is 13.6 Å². The summed E-state index contributed by atoms with van der Waals surface area (Å²) in [5.74, 6) is -1.81. The lowest BCUT2D eigenvalue weighted by Crippen LogP contribution is -2.39. The molecule has 6 heteroatoms. The lowest BCUT2D eigenvalue weighted by atomic mass is 10.1. The predicted octanol–water partition coefficient (Wildman–Crippen LogP) is 3.32. The molecule has 100 valence electrons. The quantitative estimate of drug-likeness (QED) is 0.835. The largest absolute Gasteiger partial charge is 0.471 e. The Morgan fingerprint density at radius 1 is 1.39 bits per heavy atom. The number of amides is 1. The summed E-state index contributed by atoms with van der Waals surface area (Å²) < 4.78 is 37.4. The Morgan fingerprint density at radius 2 is 2.00 bits per heavy atom. The number of hydrogen-bond acceptors (Lipinski definition) is 1. The summed E-state index contributed by atoms with van der Waals surface area (Å²) in [5.41, 5.74) is 1.91. The van der Waals surface area contributed by atoms with E-state index in [0.29, 0.717) is 11.3 Å². The first-order chi connectivity index (χ1) is 8.21. The Hall–Kier alpha value is -1.04. The zero-order chi connectivity index (χ0) is 13.9. The molecule has 2 nitrogen and oxygen atoms in total. The Kier molecular flexibility index (Phi) is 4.78. The van der Waals surface area contributed by atoms with Crippen molar-refractivity contribution in [1.29, 1.82) is 0 Å². The second kappa shape index (κ2) is 5.73. The zero-order valence-electron chi connectivity index (χ0n) is 10.0. The van der Waals surface area contributed by atoms with Gasteiger partial charge in [-0.15, -0.1) is 0 Å². The van der Waals surface area contributed by atoms with Crippen LogP contribution in [0.15, 0.2) is 22.7 Å². The molecule has 0 N–H and O–H groups in total. The molecule has 0 saturated carbocycles. The van der Waals surface area contributed by atoms with E-state index in [-0.39, 0.29) is 6.54 Å². The molecule has 0 radical (unpaired) electrons. The predicted molar refractivity (Wildman–Crippen MR) is 66.3 cm³/mol. The van der Waals surface area contributed by atoms with Gasteiger partial charge >= 0.3 is 12.1 Å². The topological polar surface area (TPSA) is 20.3 Å². The fourth-order valence-corrected chi connectivity index (χ4v) is 1.92. The molecule has 0 aliphatic carbocycles. The fourth-order valence-electron chi connectivity index (χ4n) is 1.52. The summed E-state index contributed by atoms with van der Waals surface area (Å²) in [4.78, 5) is 11.6. The highest BCUT2D eigenvalue weighted by Crippen LogP contribution is 2.19. The number of rotatable bonds is 3. The molecule has 1 aromatic rings. The highest BCUT2D eigenvalue weighted by atomic mass is 79.9. The number of carbonyl (C=O) groups excluding carboxylic acids is 1. The summed E-state index contributed by atoms with van der Waals surface area (Å²) in [6.07, 6.45) is -4.41. The third-order valence-corrected chi connectivity index (χ3v) is 3.11. The van der Waals surface area contributed by atoms with Crippen molar-refractivity contribution >= 4 is 21.8 Å². The third kappa shape index (κ3) is 4.01. The number of likely N-dealkylation sites (N-methyl/N-ethyl adjacent to an activating group) is 1. The highest BCUT2D eigenvalue weighted by Gasteiger charge is 2.40. The minimum atomic E-state index is -4.80.